The van der Waals surface area contributed by atoms with Crippen LogP contribution in [0.3, 0.4) is 0 Å². The molecule has 1 aliphatic rings. The topological polar surface area (TPSA) is 44.1 Å². The molecule has 14 heavy (non-hydrogen) atoms. The lowest BCUT2D eigenvalue weighted by molar-refractivity contribution is -0.138. The summed E-state index contributed by atoms with van der Waals surface area (Å²) in [7, 11) is 1.75. The maximum atomic E-state index is 11.9. The van der Waals surface area contributed by atoms with Crippen LogP contribution in [0.25, 0.3) is 0 Å². The standard InChI is InChI=1S/C11H16N2O/c1-5-11(3)8(2)9(6-12)7-13(4)10(11)14/h5,7H2,1-4H3. The molecule has 0 aromatic heterocycles. The van der Waals surface area contributed by atoms with Crippen molar-refractivity contribution in [3.05, 3.63) is 11.1 Å². The number of amides is 1. The fourth-order valence-corrected chi connectivity index (χ4v) is 1.88. The molecule has 1 atom stereocenters. The van der Waals surface area contributed by atoms with Crippen LogP contribution in [-0.4, -0.2) is 24.4 Å². The molecule has 0 aromatic carbocycles. The molecule has 1 amide bonds. The molecule has 1 rings (SSSR count). The summed E-state index contributed by atoms with van der Waals surface area (Å²) >= 11 is 0. The Kier molecular flexibility index (Phi) is 2.66. The normalized spacial score (nSPS) is 27.9. The molecular weight excluding hydrogens is 176 g/mol. The maximum absolute atomic E-state index is 11.9. The number of hydrogen-bond donors (Lipinski definition) is 0. The minimum absolute atomic E-state index is 0.122. The van der Waals surface area contributed by atoms with Gasteiger partial charge in [-0.25, -0.2) is 0 Å². The van der Waals surface area contributed by atoms with E-state index < -0.39 is 5.41 Å². The molecule has 76 valence electrons. The molecule has 0 saturated carbocycles. The van der Waals surface area contributed by atoms with Crippen LogP contribution in [0.4, 0.5) is 0 Å². The van der Waals surface area contributed by atoms with E-state index in [0.29, 0.717) is 6.54 Å². The summed E-state index contributed by atoms with van der Waals surface area (Å²) in [5.41, 5.74) is 1.19. The second-order valence-corrected chi connectivity index (χ2v) is 4.06. The molecule has 0 fully saturated rings. The van der Waals surface area contributed by atoms with Gasteiger partial charge in [0.05, 0.1) is 18.0 Å². The first kappa shape index (κ1) is 10.8. The lowest BCUT2D eigenvalue weighted by Crippen LogP contribution is -2.46. The number of nitrogens with zero attached hydrogens (tertiary/aromatic N) is 2. The number of likely N-dealkylation sites (N-methyl/N-ethyl adjacent to an activating group) is 1. The molecule has 0 bridgehead atoms. The van der Waals surface area contributed by atoms with Crippen molar-refractivity contribution in [1.82, 2.24) is 4.90 Å². The summed E-state index contributed by atoms with van der Waals surface area (Å²) in [5, 5.41) is 8.95. The number of carbonyl (C=O) groups excluding carboxylic acids is 1. The van der Waals surface area contributed by atoms with Gasteiger partial charge in [0.1, 0.15) is 0 Å². The minimum Gasteiger partial charge on any atom is -0.340 e. The van der Waals surface area contributed by atoms with Gasteiger partial charge in [0.2, 0.25) is 5.91 Å². The Labute approximate surface area is 85.0 Å². The van der Waals surface area contributed by atoms with Crippen molar-refractivity contribution in [2.45, 2.75) is 27.2 Å². The number of hydrogen-bond acceptors (Lipinski definition) is 2. The highest BCUT2D eigenvalue weighted by Crippen LogP contribution is 2.37. The van der Waals surface area contributed by atoms with E-state index in [1.165, 1.54) is 0 Å². The van der Waals surface area contributed by atoms with Crippen molar-refractivity contribution in [3.8, 4) is 6.07 Å². The fourth-order valence-electron chi connectivity index (χ4n) is 1.88. The molecule has 0 spiro atoms. The van der Waals surface area contributed by atoms with Crippen molar-refractivity contribution in [2.24, 2.45) is 5.41 Å². The Balaban J connectivity index is 3.27. The lowest BCUT2D eigenvalue weighted by atomic mass is 9.75. The van der Waals surface area contributed by atoms with E-state index in [0.717, 1.165) is 17.6 Å². The summed E-state index contributed by atoms with van der Waals surface area (Å²) in [4.78, 5) is 13.6. The lowest BCUT2D eigenvalue weighted by Gasteiger charge is -2.37. The van der Waals surface area contributed by atoms with E-state index in [1.807, 2.05) is 20.8 Å². The quantitative estimate of drug-likeness (QED) is 0.635. The Hall–Kier alpha value is -1.30. The van der Waals surface area contributed by atoms with Crippen LogP contribution < -0.4 is 0 Å². The van der Waals surface area contributed by atoms with Gasteiger partial charge in [-0.3, -0.25) is 4.79 Å². The van der Waals surface area contributed by atoms with Crippen LogP contribution in [-0.2, 0) is 4.79 Å². The molecule has 1 unspecified atom stereocenters. The van der Waals surface area contributed by atoms with E-state index in [1.54, 1.807) is 11.9 Å². The van der Waals surface area contributed by atoms with Crippen molar-refractivity contribution in [3.63, 3.8) is 0 Å². The fraction of sp³-hybridized carbons (Fsp3) is 0.636. The van der Waals surface area contributed by atoms with Crippen LogP contribution in [0.15, 0.2) is 11.1 Å². The van der Waals surface area contributed by atoms with E-state index >= 15 is 0 Å². The average Bonchev–Trinajstić information content (AvgIpc) is 2.20. The van der Waals surface area contributed by atoms with Gasteiger partial charge in [0, 0.05) is 12.6 Å². The van der Waals surface area contributed by atoms with Crippen molar-refractivity contribution >= 4 is 5.91 Å². The predicted octanol–water partition coefficient (Wildman–Crippen LogP) is 1.71. The molecule has 1 heterocycles. The van der Waals surface area contributed by atoms with Crippen molar-refractivity contribution in [2.75, 3.05) is 13.6 Å². The molecular formula is C11H16N2O. The second kappa shape index (κ2) is 3.45. The maximum Gasteiger partial charge on any atom is 0.232 e. The predicted molar refractivity (Wildman–Crippen MR) is 54.3 cm³/mol. The first-order chi connectivity index (χ1) is 6.47. The first-order valence-corrected chi connectivity index (χ1v) is 4.83. The first-order valence-electron chi connectivity index (χ1n) is 4.83. The smallest absolute Gasteiger partial charge is 0.232 e. The SMILES string of the molecule is CCC1(C)C(=O)N(C)CC(C#N)=C1C. The third-order valence-electron chi connectivity index (χ3n) is 3.34. The minimum atomic E-state index is -0.474. The van der Waals surface area contributed by atoms with Gasteiger partial charge in [-0.05, 0) is 25.8 Å². The zero-order valence-electron chi connectivity index (χ0n) is 9.22. The van der Waals surface area contributed by atoms with Crippen LogP contribution in [0.1, 0.15) is 27.2 Å². The van der Waals surface area contributed by atoms with E-state index in [2.05, 4.69) is 6.07 Å². The highest BCUT2D eigenvalue weighted by Gasteiger charge is 2.40. The summed E-state index contributed by atoms with van der Waals surface area (Å²) in [6.07, 6.45) is 0.743. The Morgan fingerprint density at radius 1 is 1.64 bits per heavy atom. The Bertz CT molecular complexity index is 338. The highest BCUT2D eigenvalue weighted by atomic mass is 16.2. The Morgan fingerprint density at radius 3 is 2.64 bits per heavy atom. The van der Waals surface area contributed by atoms with Gasteiger partial charge in [-0.2, -0.15) is 5.26 Å². The molecule has 3 nitrogen and oxygen atoms in total. The third kappa shape index (κ3) is 1.31. The molecule has 0 N–H and O–H groups in total. The molecule has 0 radical (unpaired) electrons. The van der Waals surface area contributed by atoms with Crippen molar-refractivity contribution < 1.29 is 4.79 Å². The van der Waals surface area contributed by atoms with Crippen LogP contribution in [0.5, 0.6) is 0 Å². The van der Waals surface area contributed by atoms with E-state index in [-0.39, 0.29) is 5.91 Å². The number of nitriles is 1. The molecule has 0 aliphatic carbocycles. The largest absolute Gasteiger partial charge is 0.340 e. The molecule has 1 aliphatic heterocycles. The average molecular weight is 192 g/mol. The summed E-state index contributed by atoms with van der Waals surface area (Å²) in [6, 6.07) is 2.18. The summed E-state index contributed by atoms with van der Waals surface area (Å²) in [5.74, 6) is 0.122. The third-order valence-corrected chi connectivity index (χ3v) is 3.34. The second-order valence-electron chi connectivity index (χ2n) is 4.06. The zero-order valence-corrected chi connectivity index (χ0v) is 9.22. The van der Waals surface area contributed by atoms with Crippen molar-refractivity contribution in [1.29, 1.82) is 5.26 Å². The van der Waals surface area contributed by atoms with Gasteiger partial charge in [0.25, 0.3) is 0 Å². The van der Waals surface area contributed by atoms with Gasteiger partial charge < -0.3 is 4.90 Å². The highest BCUT2D eigenvalue weighted by molar-refractivity contribution is 5.87. The monoisotopic (exact) mass is 192 g/mol. The van der Waals surface area contributed by atoms with Gasteiger partial charge in [-0.1, -0.05) is 6.92 Å². The van der Waals surface area contributed by atoms with Crippen LogP contribution in [0.2, 0.25) is 0 Å². The number of carbonyl (C=O) groups is 1. The van der Waals surface area contributed by atoms with Crippen LogP contribution >= 0.6 is 0 Å². The Morgan fingerprint density at radius 2 is 2.21 bits per heavy atom. The number of rotatable bonds is 1. The summed E-state index contributed by atoms with van der Waals surface area (Å²) in [6.45, 7) is 6.25. The van der Waals surface area contributed by atoms with Gasteiger partial charge >= 0.3 is 0 Å². The van der Waals surface area contributed by atoms with Gasteiger partial charge in [-0.15, -0.1) is 0 Å². The van der Waals surface area contributed by atoms with E-state index in [4.69, 9.17) is 5.26 Å². The van der Waals surface area contributed by atoms with Gasteiger partial charge in [0.15, 0.2) is 0 Å². The van der Waals surface area contributed by atoms with E-state index in [9.17, 15) is 4.79 Å². The molecule has 0 saturated heterocycles. The molecule has 0 aromatic rings. The molecule has 3 heteroatoms. The zero-order chi connectivity index (χ0) is 10.9. The summed E-state index contributed by atoms with van der Waals surface area (Å²) < 4.78 is 0. The van der Waals surface area contributed by atoms with Crippen LogP contribution in [0, 0.1) is 16.7 Å².